The Labute approximate surface area is 70.2 Å². The largest absolute Gasteiger partial charge is 0.290 e. The van der Waals surface area contributed by atoms with E-state index in [-0.39, 0.29) is 0 Å². The molecule has 64 valence electrons. The molecule has 0 amide bonds. The highest BCUT2D eigenvalue weighted by Gasteiger charge is 2.01. The van der Waals surface area contributed by atoms with Gasteiger partial charge in [-0.15, -0.1) is 0 Å². The van der Waals surface area contributed by atoms with Gasteiger partial charge < -0.3 is 0 Å². The smallest absolute Gasteiger partial charge is 0.0494 e. The van der Waals surface area contributed by atoms with Gasteiger partial charge >= 0.3 is 0 Å². The van der Waals surface area contributed by atoms with Gasteiger partial charge in [-0.2, -0.15) is 0 Å². The zero-order valence-electron chi connectivity index (χ0n) is 8.26. The Morgan fingerprint density at radius 1 is 1.27 bits per heavy atom. The maximum atomic E-state index is 4.40. The van der Waals surface area contributed by atoms with E-state index in [4.69, 9.17) is 0 Å². The van der Waals surface area contributed by atoms with Crippen LogP contribution in [-0.4, -0.2) is 12.3 Å². The first-order chi connectivity index (χ1) is 5.07. The summed E-state index contributed by atoms with van der Waals surface area (Å²) in [6.07, 6.45) is 4.02. The number of hydrogen-bond donors (Lipinski definition) is 0. The summed E-state index contributed by atoms with van der Waals surface area (Å²) in [5.41, 5.74) is 1.23. The van der Waals surface area contributed by atoms with Crippen LogP contribution in [-0.2, 0) is 0 Å². The summed E-state index contributed by atoms with van der Waals surface area (Å²) in [5, 5.41) is 0. The Balaban J connectivity index is 3.93. The molecule has 1 heteroatoms. The minimum absolute atomic E-state index is 0.435. The molecule has 1 atom stereocenters. The Morgan fingerprint density at radius 3 is 2.18 bits per heavy atom. The van der Waals surface area contributed by atoms with Gasteiger partial charge in [0.1, 0.15) is 0 Å². The summed E-state index contributed by atoms with van der Waals surface area (Å²) in [5.74, 6) is 0.635. The van der Waals surface area contributed by atoms with Crippen molar-refractivity contribution < 1.29 is 0 Å². The van der Waals surface area contributed by atoms with Gasteiger partial charge in [0.2, 0.25) is 0 Å². The maximum absolute atomic E-state index is 4.40. The van der Waals surface area contributed by atoms with E-state index in [2.05, 4.69) is 38.8 Å². The lowest BCUT2D eigenvalue weighted by molar-refractivity contribution is 0.533. The summed E-state index contributed by atoms with van der Waals surface area (Å²) in [6, 6.07) is 0.435. The lowest BCUT2D eigenvalue weighted by atomic mass is 10.1. The molecule has 0 aliphatic carbocycles. The molecule has 0 aromatic rings. The molecule has 0 N–H and O–H groups in total. The van der Waals surface area contributed by atoms with Crippen LogP contribution in [0.25, 0.3) is 0 Å². The first-order valence-corrected chi connectivity index (χ1v) is 4.24. The summed E-state index contributed by atoms with van der Waals surface area (Å²) in [4.78, 5) is 4.40. The van der Waals surface area contributed by atoms with Crippen LogP contribution in [0.4, 0.5) is 0 Å². The molecule has 0 radical (unpaired) electrons. The number of aliphatic imine (C=N–C) groups is 1. The molecule has 0 aliphatic heterocycles. The van der Waals surface area contributed by atoms with Crippen LogP contribution in [0.1, 0.15) is 34.6 Å². The summed E-state index contributed by atoms with van der Waals surface area (Å²) in [6.45, 7) is 10.6. The predicted molar refractivity (Wildman–Crippen MR) is 52.2 cm³/mol. The van der Waals surface area contributed by atoms with Gasteiger partial charge in [-0.3, -0.25) is 4.99 Å². The Morgan fingerprint density at radius 2 is 1.82 bits per heavy atom. The van der Waals surface area contributed by atoms with E-state index in [1.54, 1.807) is 0 Å². The number of nitrogens with zero attached hydrogens (tertiary/aromatic N) is 1. The fourth-order valence-electron chi connectivity index (χ4n) is 0.482. The highest BCUT2D eigenvalue weighted by Crippen LogP contribution is 2.04. The molecular formula is C10H19N. The maximum Gasteiger partial charge on any atom is 0.0494 e. The van der Waals surface area contributed by atoms with Crippen LogP contribution >= 0.6 is 0 Å². The zero-order valence-corrected chi connectivity index (χ0v) is 8.26. The van der Waals surface area contributed by atoms with Crippen molar-refractivity contribution in [3.05, 3.63) is 11.6 Å². The highest BCUT2D eigenvalue weighted by molar-refractivity contribution is 5.77. The van der Waals surface area contributed by atoms with Crippen molar-refractivity contribution in [2.75, 3.05) is 0 Å². The zero-order chi connectivity index (χ0) is 8.85. The fraction of sp³-hybridized carbons (Fsp3) is 0.700. The molecule has 0 bridgehead atoms. The minimum atomic E-state index is 0.435. The molecule has 11 heavy (non-hydrogen) atoms. The van der Waals surface area contributed by atoms with Crippen LogP contribution < -0.4 is 0 Å². The molecule has 0 heterocycles. The molecule has 1 unspecified atom stereocenters. The van der Waals surface area contributed by atoms with Crippen molar-refractivity contribution in [3.8, 4) is 0 Å². The molecular weight excluding hydrogens is 134 g/mol. The van der Waals surface area contributed by atoms with Crippen molar-refractivity contribution in [1.29, 1.82) is 0 Å². The van der Waals surface area contributed by atoms with E-state index in [0.717, 1.165) is 0 Å². The molecule has 0 saturated heterocycles. The van der Waals surface area contributed by atoms with E-state index < -0.39 is 0 Å². The predicted octanol–water partition coefficient (Wildman–Crippen LogP) is 3.07. The van der Waals surface area contributed by atoms with E-state index in [9.17, 15) is 0 Å². The molecule has 1 nitrogen and oxygen atoms in total. The lowest BCUT2D eigenvalue weighted by Crippen LogP contribution is -2.07. The molecule has 0 aromatic carbocycles. The monoisotopic (exact) mass is 153 g/mol. The summed E-state index contributed by atoms with van der Waals surface area (Å²) in [7, 11) is 0. The van der Waals surface area contributed by atoms with Gasteiger partial charge in [-0.25, -0.2) is 0 Å². The van der Waals surface area contributed by atoms with E-state index in [0.29, 0.717) is 12.0 Å². The van der Waals surface area contributed by atoms with E-state index >= 15 is 0 Å². The standard InChI is InChI=1S/C10H19N/c1-6-9(4)7-11-10(5)8(2)3/h6-8,10H,1-5H3/b9-6+,11-7?. The van der Waals surface area contributed by atoms with Crippen LogP contribution in [0.5, 0.6) is 0 Å². The van der Waals surface area contributed by atoms with Crippen LogP contribution in [0, 0.1) is 5.92 Å². The van der Waals surface area contributed by atoms with Gasteiger partial charge in [0.25, 0.3) is 0 Å². The molecule has 0 spiro atoms. The first-order valence-electron chi connectivity index (χ1n) is 4.24. The quantitative estimate of drug-likeness (QED) is 0.552. The van der Waals surface area contributed by atoms with Crippen LogP contribution in [0.3, 0.4) is 0 Å². The highest BCUT2D eigenvalue weighted by atomic mass is 14.8. The molecule has 0 rings (SSSR count). The molecule has 0 fully saturated rings. The third-order valence-corrected chi connectivity index (χ3v) is 1.93. The second kappa shape index (κ2) is 5.11. The normalized spacial score (nSPS) is 16.4. The van der Waals surface area contributed by atoms with Crippen molar-refractivity contribution in [2.24, 2.45) is 10.9 Å². The van der Waals surface area contributed by atoms with Crippen LogP contribution in [0.2, 0.25) is 0 Å². The second-order valence-electron chi connectivity index (χ2n) is 3.30. The van der Waals surface area contributed by atoms with Crippen molar-refractivity contribution in [3.63, 3.8) is 0 Å². The summed E-state index contributed by atoms with van der Waals surface area (Å²) < 4.78 is 0. The number of rotatable bonds is 3. The van der Waals surface area contributed by atoms with Crippen LogP contribution in [0.15, 0.2) is 16.6 Å². The summed E-state index contributed by atoms with van der Waals surface area (Å²) >= 11 is 0. The first kappa shape index (κ1) is 10.4. The van der Waals surface area contributed by atoms with E-state index in [1.807, 2.05) is 13.1 Å². The number of allylic oxidation sites excluding steroid dienone is 2. The van der Waals surface area contributed by atoms with Crippen molar-refractivity contribution in [2.45, 2.75) is 40.7 Å². The van der Waals surface area contributed by atoms with Gasteiger partial charge in [-0.05, 0) is 32.3 Å². The van der Waals surface area contributed by atoms with E-state index in [1.165, 1.54) is 5.57 Å². The van der Waals surface area contributed by atoms with Gasteiger partial charge in [0.15, 0.2) is 0 Å². The van der Waals surface area contributed by atoms with Crippen molar-refractivity contribution in [1.82, 2.24) is 0 Å². The average molecular weight is 153 g/mol. The Hall–Kier alpha value is -0.590. The SMILES string of the molecule is C/C=C(\C)C=NC(C)C(C)C. The average Bonchev–Trinajstić information content (AvgIpc) is 1.99. The fourth-order valence-corrected chi connectivity index (χ4v) is 0.482. The molecule has 0 saturated carbocycles. The topological polar surface area (TPSA) is 12.4 Å². The molecule has 0 aromatic heterocycles. The molecule has 0 aliphatic rings. The van der Waals surface area contributed by atoms with Gasteiger partial charge in [0, 0.05) is 12.3 Å². The second-order valence-corrected chi connectivity index (χ2v) is 3.30. The van der Waals surface area contributed by atoms with Gasteiger partial charge in [0.05, 0.1) is 0 Å². The minimum Gasteiger partial charge on any atom is -0.290 e. The van der Waals surface area contributed by atoms with Gasteiger partial charge in [-0.1, -0.05) is 19.9 Å². The third kappa shape index (κ3) is 4.77. The third-order valence-electron chi connectivity index (χ3n) is 1.93. The Kier molecular flexibility index (Phi) is 4.84. The lowest BCUT2D eigenvalue weighted by Gasteiger charge is -2.08. The Bertz CT molecular complexity index is 154. The number of hydrogen-bond acceptors (Lipinski definition) is 1. The van der Waals surface area contributed by atoms with Crippen molar-refractivity contribution >= 4 is 6.21 Å².